The van der Waals surface area contributed by atoms with Crippen LogP contribution >= 0.6 is 11.3 Å². The van der Waals surface area contributed by atoms with Gasteiger partial charge >= 0.3 is 0 Å². The maximum Gasteiger partial charge on any atom is 0.282 e. The Morgan fingerprint density at radius 2 is 2.42 bits per heavy atom. The molecule has 1 atom stereocenters. The van der Waals surface area contributed by atoms with Crippen LogP contribution in [0.15, 0.2) is 10.9 Å². The number of hydrogen-bond acceptors (Lipinski definition) is 5. The molecule has 8 heteroatoms. The molecule has 0 aromatic carbocycles. The molecule has 0 aliphatic carbocycles. The van der Waals surface area contributed by atoms with Crippen LogP contribution in [0.25, 0.3) is 0 Å². The zero-order valence-electron chi connectivity index (χ0n) is 11.0. The Balaban J connectivity index is 2.04. The van der Waals surface area contributed by atoms with Gasteiger partial charge in [0.1, 0.15) is 0 Å². The Labute approximate surface area is 118 Å². The summed E-state index contributed by atoms with van der Waals surface area (Å²) in [7, 11) is -1.81. The van der Waals surface area contributed by atoms with Crippen molar-refractivity contribution in [3.05, 3.63) is 16.6 Å². The summed E-state index contributed by atoms with van der Waals surface area (Å²) in [5.41, 5.74) is 8.14. The molecule has 2 rings (SSSR count). The van der Waals surface area contributed by atoms with E-state index >= 15 is 0 Å². The maximum atomic E-state index is 12.5. The van der Waals surface area contributed by atoms with Crippen molar-refractivity contribution >= 4 is 21.5 Å². The second-order valence-electron chi connectivity index (χ2n) is 4.85. The first-order valence-corrected chi connectivity index (χ1v) is 8.66. The van der Waals surface area contributed by atoms with Gasteiger partial charge in [0, 0.05) is 25.5 Å². The van der Waals surface area contributed by atoms with E-state index in [9.17, 15) is 8.42 Å². The van der Waals surface area contributed by atoms with Gasteiger partial charge in [0.2, 0.25) is 0 Å². The van der Waals surface area contributed by atoms with Crippen molar-refractivity contribution in [3.63, 3.8) is 0 Å². The van der Waals surface area contributed by atoms with Crippen molar-refractivity contribution in [2.24, 2.45) is 11.7 Å². The molecule has 2 N–H and O–H groups in total. The van der Waals surface area contributed by atoms with Crippen molar-refractivity contribution in [1.82, 2.24) is 13.6 Å². The third-order valence-corrected chi connectivity index (χ3v) is 5.94. The molecular formula is C11H20N4O2S2. The summed E-state index contributed by atoms with van der Waals surface area (Å²) in [6, 6.07) is 0. The Kier molecular flexibility index (Phi) is 4.91. The van der Waals surface area contributed by atoms with E-state index in [0.717, 1.165) is 18.5 Å². The van der Waals surface area contributed by atoms with Crippen LogP contribution in [0.4, 0.5) is 0 Å². The van der Waals surface area contributed by atoms with Gasteiger partial charge in [-0.25, -0.2) is 4.98 Å². The van der Waals surface area contributed by atoms with Crippen LogP contribution in [0, 0.1) is 5.92 Å². The van der Waals surface area contributed by atoms with Gasteiger partial charge in [-0.2, -0.15) is 17.0 Å². The first-order valence-electron chi connectivity index (χ1n) is 6.32. The van der Waals surface area contributed by atoms with E-state index in [4.69, 9.17) is 5.73 Å². The number of nitrogens with zero attached hydrogens (tertiary/aromatic N) is 3. The van der Waals surface area contributed by atoms with Crippen molar-refractivity contribution in [3.8, 4) is 0 Å². The van der Waals surface area contributed by atoms with Crippen LogP contribution in [-0.4, -0.2) is 48.7 Å². The second-order valence-corrected chi connectivity index (χ2v) is 7.60. The zero-order chi connectivity index (χ0) is 13.9. The monoisotopic (exact) mass is 304 g/mol. The van der Waals surface area contributed by atoms with Gasteiger partial charge in [-0.1, -0.05) is 0 Å². The van der Waals surface area contributed by atoms with E-state index in [1.807, 2.05) is 5.38 Å². The fourth-order valence-electron chi connectivity index (χ4n) is 2.25. The molecule has 0 radical (unpaired) electrons. The highest BCUT2D eigenvalue weighted by Crippen LogP contribution is 2.20. The van der Waals surface area contributed by atoms with Crippen LogP contribution in [-0.2, 0) is 16.8 Å². The molecule has 19 heavy (non-hydrogen) atoms. The van der Waals surface area contributed by atoms with E-state index in [1.165, 1.54) is 15.6 Å². The summed E-state index contributed by atoms with van der Waals surface area (Å²) in [4.78, 5) is 4.12. The number of nitrogens with two attached hydrogens (primary N) is 1. The molecule has 1 aromatic heterocycles. The Hall–Kier alpha value is -0.540. The summed E-state index contributed by atoms with van der Waals surface area (Å²) in [5, 5.41) is 1.87. The van der Waals surface area contributed by atoms with E-state index < -0.39 is 10.2 Å². The summed E-state index contributed by atoms with van der Waals surface area (Å²) in [6.07, 6.45) is 1.89. The Bertz CT molecular complexity index is 489. The predicted molar refractivity (Wildman–Crippen MR) is 75.9 cm³/mol. The van der Waals surface area contributed by atoms with Gasteiger partial charge in [0.15, 0.2) is 0 Å². The predicted octanol–water partition coefficient (Wildman–Crippen LogP) is 0.490. The van der Waals surface area contributed by atoms with Gasteiger partial charge < -0.3 is 5.73 Å². The highest BCUT2D eigenvalue weighted by atomic mass is 32.2. The van der Waals surface area contributed by atoms with Crippen LogP contribution < -0.4 is 5.73 Å². The summed E-state index contributed by atoms with van der Waals surface area (Å²) in [5.74, 6) is 0.274. The zero-order valence-corrected chi connectivity index (χ0v) is 12.7. The average Bonchev–Trinajstić information content (AvgIpc) is 2.91. The molecule has 108 valence electrons. The SMILES string of the molecule is CN(Cc1cscn1)S(=O)(=O)N1CCCC(CN)C1. The quantitative estimate of drug-likeness (QED) is 0.858. The summed E-state index contributed by atoms with van der Waals surface area (Å²) in [6.45, 7) is 1.97. The molecule has 1 fully saturated rings. The Morgan fingerprint density at radius 1 is 1.63 bits per heavy atom. The summed E-state index contributed by atoms with van der Waals surface area (Å²) >= 11 is 1.47. The third kappa shape index (κ3) is 3.51. The van der Waals surface area contributed by atoms with Crippen molar-refractivity contribution < 1.29 is 8.42 Å². The second kappa shape index (κ2) is 6.27. The van der Waals surface area contributed by atoms with E-state index in [0.29, 0.717) is 26.2 Å². The standard InChI is InChI=1S/C11H20N4O2S2/c1-14(7-11-8-18-9-13-11)19(16,17)15-4-2-3-10(5-12)6-15/h8-10H,2-7,12H2,1H3. The minimum Gasteiger partial charge on any atom is -0.330 e. The fourth-order valence-corrected chi connectivity index (χ4v) is 4.25. The molecule has 0 spiro atoms. The van der Waals surface area contributed by atoms with Gasteiger partial charge in [-0.15, -0.1) is 11.3 Å². The number of thiazole rings is 1. The van der Waals surface area contributed by atoms with Crippen molar-refractivity contribution in [1.29, 1.82) is 0 Å². The molecule has 0 amide bonds. The van der Waals surface area contributed by atoms with E-state index in [1.54, 1.807) is 16.9 Å². The molecule has 1 unspecified atom stereocenters. The molecule has 0 saturated carbocycles. The topological polar surface area (TPSA) is 79.5 Å². The largest absolute Gasteiger partial charge is 0.330 e. The average molecular weight is 304 g/mol. The minimum absolute atomic E-state index is 0.274. The number of rotatable bonds is 5. The van der Waals surface area contributed by atoms with Gasteiger partial charge in [-0.05, 0) is 25.3 Å². The minimum atomic E-state index is -3.41. The molecule has 1 aromatic rings. The molecule has 6 nitrogen and oxygen atoms in total. The van der Waals surface area contributed by atoms with Crippen LogP contribution in [0.1, 0.15) is 18.5 Å². The highest BCUT2D eigenvalue weighted by Gasteiger charge is 2.31. The first-order chi connectivity index (χ1) is 9.04. The first kappa shape index (κ1) is 14.9. The molecule has 1 saturated heterocycles. The van der Waals surface area contributed by atoms with Crippen LogP contribution in [0.3, 0.4) is 0 Å². The van der Waals surface area contributed by atoms with Crippen molar-refractivity contribution in [2.45, 2.75) is 19.4 Å². The van der Waals surface area contributed by atoms with Crippen LogP contribution in [0.5, 0.6) is 0 Å². The number of piperidine rings is 1. The molecule has 1 aliphatic heterocycles. The van der Waals surface area contributed by atoms with Crippen LogP contribution in [0.2, 0.25) is 0 Å². The van der Waals surface area contributed by atoms with E-state index in [-0.39, 0.29) is 5.92 Å². The number of aromatic nitrogens is 1. The molecule has 1 aliphatic rings. The summed E-state index contributed by atoms with van der Waals surface area (Å²) < 4.78 is 27.8. The van der Waals surface area contributed by atoms with Gasteiger partial charge in [-0.3, -0.25) is 0 Å². The Morgan fingerprint density at radius 3 is 3.05 bits per heavy atom. The lowest BCUT2D eigenvalue weighted by Gasteiger charge is -2.33. The molecule has 0 bridgehead atoms. The fraction of sp³-hybridized carbons (Fsp3) is 0.727. The lowest BCUT2D eigenvalue weighted by molar-refractivity contribution is 0.254. The molecule has 2 heterocycles. The normalized spacial score (nSPS) is 21.9. The van der Waals surface area contributed by atoms with E-state index in [2.05, 4.69) is 4.98 Å². The third-order valence-electron chi connectivity index (χ3n) is 3.40. The highest BCUT2D eigenvalue weighted by molar-refractivity contribution is 7.86. The molecular weight excluding hydrogens is 284 g/mol. The van der Waals surface area contributed by atoms with Crippen molar-refractivity contribution in [2.75, 3.05) is 26.7 Å². The lowest BCUT2D eigenvalue weighted by Crippen LogP contribution is -2.47. The lowest BCUT2D eigenvalue weighted by atomic mass is 10.0. The number of hydrogen-bond donors (Lipinski definition) is 1. The smallest absolute Gasteiger partial charge is 0.282 e. The van der Waals surface area contributed by atoms with Gasteiger partial charge in [0.05, 0.1) is 17.7 Å². The maximum absolute atomic E-state index is 12.5. The van der Waals surface area contributed by atoms with Gasteiger partial charge in [0.25, 0.3) is 10.2 Å².